The van der Waals surface area contributed by atoms with Crippen LogP contribution in [0.1, 0.15) is 0 Å². The van der Waals surface area contributed by atoms with Crippen molar-refractivity contribution in [2.75, 3.05) is 0 Å². The molecule has 1 nitrogen and oxygen atoms in total. The minimum atomic E-state index is 0.980. The molecule has 4 rings (SSSR count). The van der Waals surface area contributed by atoms with Gasteiger partial charge in [-0.3, -0.25) is 0 Å². The highest BCUT2D eigenvalue weighted by Crippen LogP contribution is 2.31. The first kappa shape index (κ1) is 14.6. The van der Waals surface area contributed by atoms with Crippen LogP contribution >= 0.6 is 0 Å². The molecule has 0 saturated heterocycles. The molecule has 0 aliphatic rings. The van der Waals surface area contributed by atoms with Gasteiger partial charge >= 0.3 is 0 Å². The number of aromatic nitrogens is 1. The van der Waals surface area contributed by atoms with Gasteiger partial charge in [0, 0.05) is 21.8 Å². The maximum atomic E-state index is 4.33. The van der Waals surface area contributed by atoms with Gasteiger partial charge in [-0.25, -0.2) is 0 Å². The highest BCUT2D eigenvalue weighted by atomic mass is 14.9. The van der Waals surface area contributed by atoms with Crippen LogP contribution in [0.2, 0.25) is 0 Å². The first-order chi connectivity index (χ1) is 11.7. The summed E-state index contributed by atoms with van der Waals surface area (Å²) < 4.78 is 2.24. The van der Waals surface area contributed by atoms with Crippen LogP contribution in [-0.4, -0.2) is 12.5 Å². The first-order valence-electron chi connectivity index (χ1n) is 8.08. The molecule has 1 heterocycles. The highest BCUT2D eigenvalue weighted by molar-refractivity contribution is 6.27. The van der Waals surface area contributed by atoms with Crippen molar-refractivity contribution in [1.29, 1.82) is 0 Å². The smallest absolute Gasteiger partial charge is 0.223 e. The largest absolute Gasteiger partial charge is 0.393 e. The van der Waals surface area contributed by atoms with Gasteiger partial charge in [0.25, 0.3) is 0 Å². The molecule has 0 aliphatic heterocycles. The van der Waals surface area contributed by atoms with Gasteiger partial charge in [0.05, 0.1) is 0 Å². The van der Waals surface area contributed by atoms with E-state index in [1.165, 1.54) is 27.1 Å². The topological polar surface area (TPSA) is 4.93 Å². The Morgan fingerprint density at radius 3 is 2.21 bits per heavy atom. The summed E-state index contributed by atoms with van der Waals surface area (Å²) in [5.41, 5.74) is 2.38. The molecule has 0 bridgehead atoms. The number of hydrogen-bond donors (Lipinski definition) is 0. The van der Waals surface area contributed by atoms with E-state index in [0.29, 0.717) is 0 Å². The summed E-state index contributed by atoms with van der Waals surface area (Å²) in [5.74, 6) is 0. The van der Waals surface area contributed by atoms with E-state index in [1.807, 2.05) is 18.2 Å². The van der Waals surface area contributed by atoms with Crippen LogP contribution in [0.25, 0.3) is 45.7 Å². The van der Waals surface area contributed by atoms with Gasteiger partial charge in [-0.2, -0.15) is 0 Å². The first-order valence-corrected chi connectivity index (χ1v) is 8.08. The SMILES string of the molecule is Bn1c2ccc(=C)ccccc(=C)c2c2c3ccccc3ccc21. The van der Waals surface area contributed by atoms with Gasteiger partial charge in [0.2, 0.25) is 7.98 Å². The van der Waals surface area contributed by atoms with Gasteiger partial charge in [-0.15, -0.1) is 0 Å². The molecule has 2 heteroatoms. The summed E-state index contributed by atoms with van der Waals surface area (Å²) >= 11 is 0. The predicted octanol–water partition coefficient (Wildman–Crippen LogP) is 3.29. The van der Waals surface area contributed by atoms with Crippen LogP contribution in [0.15, 0.2) is 72.8 Å². The van der Waals surface area contributed by atoms with Crippen LogP contribution in [0.4, 0.5) is 0 Å². The van der Waals surface area contributed by atoms with E-state index in [-0.39, 0.29) is 0 Å². The number of nitrogens with zero attached hydrogens (tertiary/aromatic N) is 1. The van der Waals surface area contributed by atoms with Crippen molar-refractivity contribution < 1.29 is 0 Å². The standard InChI is InChI=1S/C22H18BN/c1-15-7-3-4-8-16(2)21-19(13-11-15)24(23)20-14-12-17-9-5-6-10-18(17)22(20)21/h3-14H,1-2,23H2. The summed E-state index contributed by atoms with van der Waals surface area (Å²) in [6.07, 6.45) is 0. The fourth-order valence-corrected chi connectivity index (χ4v) is 3.42. The normalized spacial score (nSPS) is 11.0. The fraction of sp³-hybridized carbons (Fsp3) is 0. The van der Waals surface area contributed by atoms with Crippen molar-refractivity contribution in [2.45, 2.75) is 0 Å². The zero-order chi connectivity index (χ0) is 16.7. The molecule has 1 aromatic heterocycles. The Hall–Kier alpha value is -3.00. The molecular formula is C22H18BN. The lowest BCUT2D eigenvalue weighted by Crippen LogP contribution is -1.97. The van der Waals surface area contributed by atoms with Crippen molar-refractivity contribution in [3.05, 3.63) is 83.2 Å². The van der Waals surface area contributed by atoms with Crippen LogP contribution < -0.4 is 10.4 Å². The Labute approximate surface area is 141 Å². The van der Waals surface area contributed by atoms with Crippen molar-refractivity contribution in [3.8, 4) is 0 Å². The maximum absolute atomic E-state index is 4.33. The second-order valence-corrected chi connectivity index (χ2v) is 6.15. The number of rotatable bonds is 0. The average molecular weight is 307 g/mol. The minimum absolute atomic E-state index is 0.980. The molecule has 0 amide bonds. The quantitative estimate of drug-likeness (QED) is 0.439. The molecule has 0 spiro atoms. The highest BCUT2D eigenvalue weighted by Gasteiger charge is 2.09. The summed E-state index contributed by atoms with van der Waals surface area (Å²) in [6, 6.07) is 25.2. The summed E-state index contributed by atoms with van der Waals surface area (Å²) in [6.45, 7) is 8.40. The van der Waals surface area contributed by atoms with Crippen LogP contribution in [0.5, 0.6) is 0 Å². The Kier molecular flexibility index (Phi) is 3.39. The van der Waals surface area contributed by atoms with Gasteiger partial charge < -0.3 is 4.48 Å². The van der Waals surface area contributed by atoms with E-state index < -0.39 is 0 Å². The molecule has 0 N–H and O–H groups in total. The Morgan fingerprint density at radius 2 is 1.33 bits per heavy atom. The van der Waals surface area contributed by atoms with E-state index in [2.05, 4.69) is 80.2 Å². The lowest BCUT2D eigenvalue weighted by atomic mass is 10.0. The Balaban J connectivity index is 2.41. The third-order valence-electron chi connectivity index (χ3n) is 4.63. The lowest BCUT2D eigenvalue weighted by molar-refractivity contribution is 1.39. The van der Waals surface area contributed by atoms with Crippen molar-refractivity contribution in [2.24, 2.45) is 0 Å². The zero-order valence-corrected chi connectivity index (χ0v) is 13.8. The van der Waals surface area contributed by atoms with Crippen LogP contribution in [0.3, 0.4) is 0 Å². The average Bonchev–Trinajstić information content (AvgIpc) is 2.89. The second-order valence-electron chi connectivity index (χ2n) is 6.15. The maximum Gasteiger partial charge on any atom is 0.223 e. The molecule has 0 fully saturated rings. The zero-order valence-electron chi connectivity index (χ0n) is 13.8. The van der Waals surface area contributed by atoms with Crippen molar-refractivity contribution in [1.82, 2.24) is 4.48 Å². The monoisotopic (exact) mass is 307 g/mol. The molecule has 4 aromatic rings. The fourth-order valence-electron chi connectivity index (χ4n) is 3.42. The molecule has 24 heavy (non-hydrogen) atoms. The Morgan fingerprint density at radius 1 is 0.667 bits per heavy atom. The van der Waals surface area contributed by atoms with E-state index in [4.69, 9.17) is 0 Å². The van der Waals surface area contributed by atoms with Crippen LogP contribution in [-0.2, 0) is 0 Å². The number of benzene rings is 2. The molecular weight excluding hydrogens is 289 g/mol. The molecule has 114 valence electrons. The Bertz CT molecular complexity index is 1250. The predicted molar refractivity (Wildman–Crippen MR) is 109 cm³/mol. The van der Waals surface area contributed by atoms with Gasteiger partial charge in [-0.1, -0.05) is 73.8 Å². The molecule has 0 unspecified atom stereocenters. The third-order valence-corrected chi connectivity index (χ3v) is 4.63. The van der Waals surface area contributed by atoms with Crippen molar-refractivity contribution in [3.63, 3.8) is 0 Å². The molecule has 0 radical (unpaired) electrons. The summed E-state index contributed by atoms with van der Waals surface area (Å²) in [4.78, 5) is 0. The molecule has 0 atom stereocenters. The number of hydrogen-bond acceptors (Lipinski definition) is 0. The second kappa shape index (κ2) is 5.57. The van der Waals surface area contributed by atoms with E-state index in [9.17, 15) is 0 Å². The van der Waals surface area contributed by atoms with Crippen LogP contribution in [0, 0.1) is 0 Å². The minimum Gasteiger partial charge on any atom is -0.393 e. The van der Waals surface area contributed by atoms with E-state index >= 15 is 0 Å². The number of fused-ring (bicyclic) bond motifs is 5. The van der Waals surface area contributed by atoms with Gasteiger partial charge in [0.1, 0.15) is 0 Å². The third kappa shape index (κ3) is 2.19. The molecule has 0 saturated carbocycles. The molecule has 3 aromatic carbocycles. The van der Waals surface area contributed by atoms with Gasteiger partial charge in [0.15, 0.2) is 0 Å². The van der Waals surface area contributed by atoms with Crippen molar-refractivity contribution >= 4 is 53.7 Å². The lowest BCUT2D eigenvalue weighted by Gasteiger charge is -2.01. The summed E-state index contributed by atoms with van der Waals surface area (Å²) in [5, 5.41) is 6.98. The van der Waals surface area contributed by atoms with Gasteiger partial charge in [-0.05, 0) is 33.3 Å². The van der Waals surface area contributed by atoms with E-state index in [0.717, 1.165) is 16.0 Å². The molecule has 0 aliphatic carbocycles. The summed E-state index contributed by atoms with van der Waals surface area (Å²) in [7, 11) is 2.11. The van der Waals surface area contributed by atoms with E-state index in [1.54, 1.807) is 0 Å².